The van der Waals surface area contributed by atoms with Crippen molar-refractivity contribution >= 4 is 22.6 Å². The molecule has 3 rings (SSSR count). The number of aromatic nitrogens is 2. The zero-order valence-electron chi connectivity index (χ0n) is 9.85. The van der Waals surface area contributed by atoms with Crippen LogP contribution in [0.25, 0.3) is 10.9 Å². The van der Waals surface area contributed by atoms with E-state index in [0.717, 1.165) is 17.1 Å². The number of para-hydroxylation sites is 1. The van der Waals surface area contributed by atoms with E-state index in [0.29, 0.717) is 11.4 Å². The average molecular weight is 255 g/mol. The van der Waals surface area contributed by atoms with Crippen LogP contribution in [-0.4, -0.2) is 15.9 Å². The van der Waals surface area contributed by atoms with Gasteiger partial charge >= 0.3 is 0 Å². The van der Waals surface area contributed by atoms with Crippen molar-refractivity contribution in [2.24, 2.45) is 0 Å². The van der Waals surface area contributed by atoms with Crippen molar-refractivity contribution in [3.8, 4) is 0 Å². The minimum Gasteiger partial charge on any atom is -0.361 e. The van der Waals surface area contributed by atoms with Gasteiger partial charge in [-0.2, -0.15) is 0 Å². The van der Waals surface area contributed by atoms with Crippen LogP contribution in [0.5, 0.6) is 0 Å². The van der Waals surface area contributed by atoms with E-state index < -0.39 is 5.82 Å². The highest BCUT2D eigenvalue weighted by molar-refractivity contribution is 6.11. The number of benzene rings is 1. The molecular weight excluding hydrogens is 245 g/mol. The van der Waals surface area contributed by atoms with Gasteiger partial charge in [0.25, 0.3) is 5.91 Å². The maximum absolute atomic E-state index is 12.7. The molecule has 4 nitrogen and oxygen atoms in total. The molecule has 0 bridgehead atoms. The minimum absolute atomic E-state index is 0.285. The molecule has 0 spiro atoms. The van der Waals surface area contributed by atoms with Gasteiger partial charge in [0.2, 0.25) is 0 Å². The maximum Gasteiger partial charge on any atom is 0.258 e. The summed E-state index contributed by atoms with van der Waals surface area (Å²) in [6.45, 7) is 0. The van der Waals surface area contributed by atoms with E-state index in [1.165, 1.54) is 12.1 Å². The van der Waals surface area contributed by atoms with Crippen LogP contribution in [0.2, 0.25) is 0 Å². The van der Waals surface area contributed by atoms with Gasteiger partial charge in [-0.15, -0.1) is 0 Å². The highest BCUT2D eigenvalue weighted by atomic mass is 19.1. The van der Waals surface area contributed by atoms with E-state index in [1.807, 2.05) is 18.2 Å². The smallest absolute Gasteiger partial charge is 0.258 e. The van der Waals surface area contributed by atoms with Gasteiger partial charge in [0.1, 0.15) is 11.6 Å². The van der Waals surface area contributed by atoms with Crippen LogP contribution in [-0.2, 0) is 0 Å². The predicted octanol–water partition coefficient (Wildman–Crippen LogP) is 2.95. The van der Waals surface area contributed by atoms with Gasteiger partial charge in [-0.1, -0.05) is 12.1 Å². The van der Waals surface area contributed by atoms with Crippen LogP contribution in [0.3, 0.4) is 0 Å². The fourth-order valence-electron chi connectivity index (χ4n) is 1.91. The Balaban J connectivity index is 1.92. The second-order valence-electron chi connectivity index (χ2n) is 4.06. The average Bonchev–Trinajstić information content (AvgIpc) is 2.89. The normalized spacial score (nSPS) is 10.6. The molecular formula is C14H10FN3O. The summed E-state index contributed by atoms with van der Waals surface area (Å²) in [5.74, 6) is -0.411. The summed E-state index contributed by atoms with van der Waals surface area (Å²) < 4.78 is 12.7. The van der Waals surface area contributed by atoms with Crippen molar-refractivity contribution in [2.75, 3.05) is 5.32 Å². The monoisotopic (exact) mass is 255 g/mol. The molecule has 2 heterocycles. The number of carbonyl (C=O) groups is 1. The van der Waals surface area contributed by atoms with Gasteiger partial charge in [0.05, 0.1) is 17.3 Å². The number of H-pyrrole nitrogens is 1. The lowest BCUT2D eigenvalue weighted by Gasteiger charge is -2.05. The van der Waals surface area contributed by atoms with Crippen LogP contribution in [0.4, 0.5) is 10.2 Å². The Hall–Kier alpha value is -2.69. The zero-order valence-corrected chi connectivity index (χ0v) is 9.85. The Morgan fingerprint density at radius 3 is 2.89 bits per heavy atom. The number of halogens is 1. The molecule has 0 saturated carbocycles. The Morgan fingerprint density at radius 1 is 1.21 bits per heavy atom. The predicted molar refractivity (Wildman–Crippen MR) is 70.4 cm³/mol. The fraction of sp³-hybridized carbons (Fsp3) is 0. The number of rotatable bonds is 2. The summed E-state index contributed by atoms with van der Waals surface area (Å²) in [4.78, 5) is 19.0. The summed E-state index contributed by atoms with van der Waals surface area (Å²) in [6.07, 6.45) is 2.84. The van der Waals surface area contributed by atoms with E-state index >= 15 is 0 Å². The number of carbonyl (C=O) groups excluding carboxylic acids is 1. The van der Waals surface area contributed by atoms with Crippen molar-refractivity contribution in [2.45, 2.75) is 0 Å². The molecule has 19 heavy (non-hydrogen) atoms. The van der Waals surface area contributed by atoms with E-state index in [1.54, 1.807) is 12.3 Å². The van der Waals surface area contributed by atoms with Crippen molar-refractivity contribution in [1.29, 1.82) is 0 Å². The molecule has 0 aliphatic heterocycles. The zero-order chi connectivity index (χ0) is 13.2. The van der Waals surface area contributed by atoms with Gasteiger partial charge in [-0.05, 0) is 24.3 Å². The number of aromatic amines is 1. The number of pyridine rings is 1. The fourth-order valence-corrected chi connectivity index (χ4v) is 1.91. The number of hydrogen-bond donors (Lipinski definition) is 2. The first kappa shape index (κ1) is 11.4. The van der Waals surface area contributed by atoms with Gasteiger partial charge in [-0.25, -0.2) is 9.37 Å². The van der Waals surface area contributed by atoms with Gasteiger partial charge in [0.15, 0.2) is 0 Å². The van der Waals surface area contributed by atoms with Crippen molar-refractivity contribution in [3.05, 3.63) is 60.2 Å². The molecule has 0 saturated heterocycles. The standard InChI is InChI=1S/C14H10FN3O/c15-10-4-5-12(17-8-10)18-14(19)11-3-1-2-9-6-7-16-13(9)11/h1-8,16H,(H,17,18,19). The highest BCUT2D eigenvalue weighted by Gasteiger charge is 2.11. The molecule has 2 N–H and O–H groups in total. The van der Waals surface area contributed by atoms with E-state index in [-0.39, 0.29) is 5.91 Å². The lowest BCUT2D eigenvalue weighted by atomic mass is 10.1. The number of amides is 1. The van der Waals surface area contributed by atoms with Crippen molar-refractivity contribution < 1.29 is 9.18 Å². The molecule has 0 radical (unpaired) electrons. The Morgan fingerprint density at radius 2 is 2.11 bits per heavy atom. The molecule has 3 aromatic rings. The number of nitrogens with one attached hydrogen (secondary N) is 2. The quantitative estimate of drug-likeness (QED) is 0.739. The SMILES string of the molecule is O=C(Nc1ccc(F)cn1)c1cccc2cc[nH]c12. The number of fused-ring (bicyclic) bond motifs is 1. The molecule has 1 aromatic carbocycles. The lowest BCUT2D eigenvalue weighted by molar-refractivity contribution is 0.102. The van der Waals surface area contributed by atoms with Gasteiger partial charge < -0.3 is 10.3 Å². The number of anilines is 1. The molecule has 94 valence electrons. The second kappa shape index (κ2) is 4.53. The van der Waals surface area contributed by atoms with E-state index in [9.17, 15) is 9.18 Å². The molecule has 1 amide bonds. The first-order valence-electron chi connectivity index (χ1n) is 5.73. The number of nitrogens with zero attached hydrogens (tertiary/aromatic N) is 1. The number of hydrogen-bond acceptors (Lipinski definition) is 2. The third-order valence-corrected chi connectivity index (χ3v) is 2.80. The Labute approximate surface area is 108 Å². The highest BCUT2D eigenvalue weighted by Crippen LogP contribution is 2.18. The van der Waals surface area contributed by atoms with Crippen molar-refractivity contribution in [1.82, 2.24) is 9.97 Å². The maximum atomic E-state index is 12.7. The molecule has 2 aromatic heterocycles. The topological polar surface area (TPSA) is 57.8 Å². The molecule has 0 aliphatic rings. The lowest BCUT2D eigenvalue weighted by Crippen LogP contribution is -2.13. The molecule has 0 atom stereocenters. The summed E-state index contributed by atoms with van der Waals surface area (Å²) in [5, 5.41) is 3.59. The minimum atomic E-state index is -0.440. The van der Waals surface area contributed by atoms with E-state index in [4.69, 9.17) is 0 Å². The van der Waals surface area contributed by atoms with Crippen LogP contribution in [0, 0.1) is 5.82 Å². The summed E-state index contributed by atoms with van der Waals surface area (Å²) in [5.41, 5.74) is 1.29. The largest absolute Gasteiger partial charge is 0.361 e. The molecule has 0 aliphatic carbocycles. The van der Waals surface area contributed by atoms with Crippen LogP contribution >= 0.6 is 0 Å². The van der Waals surface area contributed by atoms with E-state index in [2.05, 4.69) is 15.3 Å². The Kier molecular flexibility index (Phi) is 2.72. The molecule has 0 unspecified atom stereocenters. The molecule has 0 fully saturated rings. The first-order chi connectivity index (χ1) is 9.24. The van der Waals surface area contributed by atoms with Gasteiger partial charge in [-0.3, -0.25) is 4.79 Å². The third-order valence-electron chi connectivity index (χ3n) is 2.80. The molecule has 5 heteroatoms. The second-order valence-corrected chi connectivity index (χ2v) is 4.06. The summed E-state index contributed by atoms with van der Waals surface area (Å²) >= 11 is 0. The first-order valence-corrected chi connectivity index (χ1v) is 5.73. The Bertz CT molecular complexity index is 734. The summed E-state index contributed by atoms with van der Waals surface area (Å²) in [6, 6.07) is 10.0. The van der Waals surface area contributed by atoms with Crippen molar-refractivity contribution in [3.63, 3.8) is 0 Å². The van der Waals surface area contributed by atoms with Crippen LogP contribution in [0.15, 0.2) is 48.8 Å². The summed E-state index contributed by atoms with van der Waals surface area (Å²) in [7, 11) is 0. The van der Waals surface area contributed by atoms with Crippen LogP contribution < -0.4 is 5.32 Å². The van der Waals surface area contributed by atoms with Gasteiger partial charge in [0, 0.05) is 11.6 Å². The van der Waals surface area contributed by atoms with Crippen LogP contribution in [0.1, 0.15) is 10.4 Å². The third kappa shape index (κ3) is 2.18.